The number of carboxylic acids is 1. The smallest absolute Gasteiger partial charge is 0.343 e. The van der Waals surface area contributed by atoms with E-state index in [1.165, 1.54) is 18.3 Å². The average molecular weight is 534 g/mol. The predicted molar refractivity (Wildman–Crippen MR) is 152 cm³/mol. The van der Waals surface area contributed by atoms with E-state index in [1.807, 2.05) is 43.3 Å². The molecule has 5 aromatic rings. The molecule has 40 heavy (non-hydrogen) atoms. The van der Waals surface area contributed by atoms with Crippen molar-refractivity contribution in [3.05, 3.63) is 130 Å². The summed E-state index contributed by atoms with van der Waals surface area (Å²) in [6.45, 7) is 2.05. The number of rotatable bonds is 9. The molecule has 0 aliphatic rings. The third kappa shape index (κ3) is 5.33. The molecule has 0 aliphatic heterocycles. The van der Waals surface area contributed by atoms with Gasteiger partial charge in [0.15, 0.2) is 0 Å². The maximum absolute atomic E-state index is 14.0. The number of hydrogen-bond acceptors (Lipinski definition) is 5. The van der Waals surface area contributed by atoms with Crippen LogP contribution in [0.25, 0.3) is 22.8 Å². The van der Waals surface area contributed by atoms with Crippen LogP contribution in [0.3, 0.4) is 0 Å². The molecular weight excluding hydrogens is 506 g/mol. The fourth-order valence-corrected chi connectivity index (χ4v) is 4.52. The van der Waals surface area contributed by atoms with Crippen LogP contribution in [0.4, 0.5) is 0 Å². The lowest BCUT2D eigenvalue weighted by molar-refractivity contribution is 0.0694. The first-order chi connectivity index (χ1) is 19.5. The highest BCUT2D eigenvalue weighted by molar-refractivity contribution is 5.91. The number of esters is 1. The number of nitrogens with zero attached hydrogens (tertiary/aromatic N) is 3. The number of carbonyl (C=O) groups is 2. The molecular formula is C32H27N3O5. The molecule has 0 aliphatic carbocycles. The van der Waals surface area contributed by atoms with Gasteiger partial charge >= 0.3 is 11.9 Å². The molecule has 8 nitrogen and oxygen atoms in total. The Morgan fingerprint density at radius 2 is 1.48 bits per heavy atom. The second-order valence-corrected chi connectivity index (χ2v) is 9.18. The van der Waals surface area contributed by atoms with E-state index in [1.54, 1.807) is 57.9 Å². The summed E-state index contributed by atoms with van der Waals surface area (Å²) in [5, 5.41) is 9.63. The molecule has 0 fully saturated rings. The lowest BCUT2D eigenvalue weighted by Crippen LogP contribution is -2.21. The summed E-state index contributed by atoms with van der Waals surface area (Å²) in [6.07, 6.45) is 3.58. The van der Waals surface area contributed by atoms with Gasteiger partial charge in [0, 0.05) is 11.8 Å². The Bertz CT molecular complexity index is 1710. The number of carbonyl (C=O) groups excluding carboxylic acids is 1. The maximum atomic E-state index is 14.0. The minimum absolute atomic E-state index is 0.0704. The Hall–Kier alpha value is -5.24. The van der Waals surface area contributed by atoms with Crippen molar-refractivity contribution in [1.29, 1.82) is 0 Å². The Kier molecular flexibility index (Phi) is 7.68. The fourth-order valence-electron chi connectivity index (χ4n) is 4.52. The fraction of sp³-hybridized carbons (Fsp3) is 0.125. The number of hydrogen-bond donors (Lipinski definition) is 1. The minimum atomic E-state index is -1.08. The van der Waals surface area contributed by atoms with Crippen LogP contribution in [0.1, 0.15) is 46.0 Å². The van der Waals surface area contributed by atoms with E-state index in [-0.39, 0.29) is 11.1 Å². The molecule has 0 saturated carbocycles. The molecule has 0 atom stereocenters. The summed E-state index contributed by atoms with van der Waals surface area (Å²) in [4.78, 5) is 42.8. The van der Waals surface area contributed by atoms with Gasteiger partial charge in [-0.2, -0.15) is 0 Å². The largest absolute Gasteiger partial charge is 0.478 e. The van der Waals surface area contributed by atoms with Crippen LogP contribution in [-0.2, 0) is 6.42 Å². The van der Waals surface area contributed by atoms with Crippen LogP contribution in [0.15, 0.2) is 108 Å². The third-order valence-electron chi connectivity index (χ3n) is 6.48. The number of para-hydroxylation sites is 1. The highest BCUT2D eigenvalue weighted by Crippen LogP contribution is 2.29. The SMILES string of the molecule is CCCCc1c(-c2cc(C(=O)O)ccn2)n(-c2ccc(OC(=O)c3ccccc3)cc2)n(-c2ccccc2)c1=O. The predicted octanol–water partition coefficient (Wildman–Crippen LogP) is 5.95. The molecule has 2 aromatic heterocycles. The van der Waals surface area contributed by atoms with Crippen molar-refractivity contribution in [2.45, 2.75) is 26.2 Å². The average Bonchev–Trinajstić information content (AvgIpc) is 3.29. The highest BCUT2D eigenvalue weighted by atomic mass is 16.5. The molecule has 2 heterocycles. The molecule has 0 amide bonds. The molecule has 0 bridgehead atoms. The number of benzene rings is 3. The first kappa shape index (κ1) is 26.4. The van der Waals surface area contributed by atoms with Crippen LogP contribution in [-0.4, -0.2) is 31.4 Å². The van der Waals surface area contributed by atoms with E-state index in [9.17, 15) is 19.5 Å². The summed E-state index contributed by atoms with van der Waals surface area (Å²) in [5.74, 6) is -1.22. The lowest BCUT2D eigenvalue weighted by Gasteiger charge is -2.16. The van der Waals surface area contributed by atoms with E-state index in [2.05, 4.69) is 4.98 Å². The first-order valence-corrected chi connectivity index (χ1v) is 13.0. The topological polar surface area (TPSA) is 103 Å². The molecule has 1 N–H and O–H groups in total. The van der Waals surface area contributed by atoms with Crippen molar-refractivity contribution < 1.29 is 19.4 Å². The van der Waals surface area contributed by atoms with Gasteiger partial charge in [0.2, 0.25) is 0 Å². The van der Waals surface area contributed by atoms with Crippen molar-refractivity contribution >= 4 is 11.9 Å². The van der Waals surface area contributed by atoms with E-state index >= 15 is 0 Å². The van der Waals surface area contributed by atoms with Crippen LogP contribution in [0.5, 0.6) is 5.75 Å². The van der Waals surface area contributed by atoms with E-state index < -0.39 is 11.9 Å². The Labute approximate surface area is 230 Å². The van der Waals surface area contributed by atoms with Crippen molar-refractivity contribution in [3.63, 3.8) is 0 Å². The highest BCUT2D eigenvalue weighted by Gasteiger charge is 2.25. The van der Waals surface area contributed by atoms with Gasteiger partial charge in [0.1, 0.15) is 5.75 Å². The van der Waals surface area contributed by atoms with Crippen molar-refractivity contribution in [2.75, 3.05) is 0 Å². The number of aromatic nitrogens is 3. The molecule has 0 radical (unpaired) electrons. The van der Waals surface area contributed by atoms with Gasteiger partial charge in [-0.3, -0.25) is 9.78 Å². The molecule has 3 aromatic carbocycles. The third-order valence-corrected chi connectivity index (χ3v) is 6.48. The summed E-state index contributed by atoms with van der Waals surface area (Å²) in [5.41, 5.74) is 2.98. The molecule has 0 saturated heterocycles. The lowest BCUT2D eigenvalue weighted by atomic mass is 10.1. The normalized spacial score (nSPS) is 10.8. The van der Waals surface area contributed by atoms with Gasteiger partial charge in [-0.1, -0.05) is 49.7 Å². The standard InChI is InChI=1S/C32H27N3O5/c1-2-3-14-27-29(28-21-23(31(37)38)19-20-33-28)34(35(30(27)36)24-12-8-5-9-13-24)25-15-17-26(18-16-25)40-32(39)22-10-6-4-7-11-22/h4-13,15-21H,2-3,14H2,1H3,(H,37,38). The summed E-state index contributed by atoms with van der Waals surface area (Å²) >= 11 is 0. The number of ether oxygens (including phenoxy) is 1. The quantitative estimate of drug-likeness (QED) is 0.186. The zero-order chi connectivity index (χ0) is 28.1. The van der Waals surface area contributed by atoms with Crippen LogP contribution >= 0.6 is 0 Å². The maximum Gasteiger partial charge on any atom is 0.343 e. The second-order valence-electron chi connectivity index (χ2n) is 9.18. The number of unbranched alkanes of at least 4 members (excludes halogenated alkanes) is 1. The Morgan fingerprint density at radius 3 is 2.12 bits per heavy atom. The summed E-state index contributed by atoms with van der Waals surface area (Å²) in [6, 6.07) is 27.7. The number of carboxylic acid groups (broad SMARTS) is 1. The van der Waals surface area contributed by atoms with Gasteiger partial charge in [-0.25, -0.2) is 19.0 Å². The van der Waals surface area contributed by atoms with Gasteiger partial charge in [-0.15, -0.1) is 0 Å². The molecule has 8 heteroatoms. The summed E-state index contributed by atoms with van der Waals surface area (Å²) in [7, 11) is 0. The zero-order valence-electron chi connectivity index (χ0n) is 21.9. The zero-order valence-corrected chi connectivity index (χ0v) is 21.9. The molecule has 200 valence electrons. The minimum Gasteiger partial charge on any atom is -0.478 e. The first-order valence-electron chi connectivity index (χ1n) is 13.0. The van der Waals surface area contributed by atoms with E-state index in [0.717, 1.165) is 12.8 Å². The number of pyridine rings is 1. The van der Waals surface area contributed by atoms with Crippen molar-refractivity contribution in [1.82, 2.24) is 14.3 Å². The Balaban J connectivity index is 1.68. The van der Waals surface area contributed by atoms with Gasteiger partial charge < -0.3 is 9.84 Å². The number of aromatic carboxylic acids is 1. The molecule has 0 spiro atoms. The van der Waals surface area contributed by atoms with Crippen molar-refractivity contribution in [3.8, 4) is 28.5 Å². The van der Waals surface area contributed by atoms with Gasteiger partial charge in [0.25, 0.3) is 5.56 Å². The van der Waals surface area contributed by atoms with Crippen LogP contribution < -0.4 is 10.3 Å². The second kappa shape index (κ2) is 11.7. The van der Waals surface area contributed by atoms with Crippen LogP contribution in [0.2, 0.25) is 0 Å². The molecule has 5 rings (SSSR count). The Morgan fingerprint density at radius 1 is 0.825 bits per heavy atom. The molecule has 0 unspecified atom stereocenters. The van der Waals surface area contributed by atoms with Crippen LogP contribution in [0, 0.1) is 0 Å². The van der Waals surface area contributed by atoms with E-state index in [4.69, 9.17) is 4.74 Å². The van der Waals surface area contributed by atoms with Crippen molar-refractivity contribution in [2.24, 2.45) is 0 Å². The summed E-state index contributed by atoms with van der Waals surface area (Å²) < 4.78 is 8.87. The van der Waals surface area contributed by atoms with Gasteiger partial charge in [-0.05, 0) is 73.5 Å². The van der Waals surface area contributed by atoms with E-state index in [0.29, 0.717) is 46.1 Å². The van der Waals surface area contributed by atoms with Gasteiger partial charge in [0.05, 0.1) is 33.9 Å². The monoisotopic (exact) mass is 533 g/mol.